The Bertz CT molecular complexity index is 1060. The summed E-state index contributed by atoms with van der Waals surface area (Å²) in [6, 6.07) is 12.7. The number of ether oxygens (including phenoxy) is 2. The number of rotatable bonds is 5. The average Bonchev–Trinajstić information content (AvgIpc) is 2.72. The molecule has 0 radical (unpaired) electrons. The van der Waals surface area contributed by atoms with E-state index in [9.17, 15) is 5.11 Å². The Hall–Kier alpha value is -3.32. The van der Waals surface area contributed by atoms with Crippen molar-refractivity contribution in [1.29, 1.82) is 5.41 Å². The highest BCUT2D eigenvalue weighted by Gasteiger charge is 2.32. The first-order valence-electron chi connectivity index (χ1n) is 9.02. The van der Waals surface area contributed by atoms with Crippen LogP contribution in [-0.2, 0) is 6.54 Å². The highest BCUT2D eigenvalue weighted by Crippen LogP contribution is 2.46. The second-order valence-corrected chi connectivity index (χ2v) is 6.61. The number of benzene rings is 2. The summed E-state index contributed by atoms with van der Waals surface area (Å²) in [7, 11) is 1.62. The second-order valence-electron chi connectivity index (χ2n) is 6.61. The lowest BCUT2D eigenvalue weighted by atomic mass is 9.84. The van der Waals surface area contributed by atoms with E-state index in [1.165, 1.54) is 0 Å². The van der Waals surface area contributed by atoms with Gasteiger partial charge in [-0.1, -0.05) is 18.2 Å². The normalized spacial score (nSPS) is 14.7. The molecule has 4 rings (SSSR count). The van der Waals surface area contributed by atoms with Gasteiger partial charge in [0.25, 0.3) is 0 Å². The Morgan fingerprint density at radius 3 is 2.71 bits per heavy atom. The lowest BCUT2D eigenvalue weighted by Crippen LogP contribution is -2.30. The molecule has 0 bridgehead atoms. The van der Waals surface area contributed by atoms with Gasteiger partial charge in [0.2, 0.25) is 5.88 Å². The number of aryl methyl sites for hydroxylation is 1. The molecular formula is C21H21N3O4. The zero-order valence-corrected chi connectivity index (χ0v) is 15.4. The summed E-state index contributed by atoms with van der Waals surface area (Å²) in [5.41, 5.74) is 2.76. The van der Waals surface area contributed by atoms with Crippen LogP contribution < -0.4 is 15.0 Å². The van der Waals surface area contributed by atoms with Crippen molar-refractivity contribution in [1.82, 2.24) is 9.55 Å². The molecule has 0 saturated heterocycles. The van der Waals surface area contributed by atoms with Crippen LogP contribution in [0, 0.1) is 5.41 Å². The van der Waals surface area contributed by atoms with Crippen LogP contribution >= 0.6 is 0 Å². The SMILES string of the molecule is COc1ccc([C@H]2c3ccc(O)cc3Oc3ncn(CCCO)c(=N)c32)cc1. The molecule has 1 aliphatic heterocycles. The fraction of sp³-hybridized carbons (Fsp3) is 0.238. The molecule has 0 spiro atoms. The number of hydrogen-bond acceptors (Lipinski definition) is 6. The maximum absolute atomic E-state index is 9.88. The quantitative estimate of drug-likeness (QED) is 0.495. The third-order valence-electron chi connectivity index (χ3n) is 4.90. The molecule has 7 nitrogen and oxygen atoms in total. The number of fused-ring (bicyclic) bond motifs is 2. The van der Waals surface area contributed by atoms with Crippen molar-refractivity contribution in [2.45, 2.75) is 18.9 Å². The van der Waals surface area contributed by atoms with E-state index in [1.54, 1.807) is 30.1 Å². The van der Waals surface area contributed by atoms with Crippen LogP contribution in [0.1, 0.15) is 29.0 Å². The Morgan fingerprint density at radius 2 is 2.00 bits per heavy atom. The first kappa shape index (κ1) is 18.1. The smallest absolute Gasteiger partial charge is 0.228 e. The minimum Gasteiger partial charge on any atom is -0.508 e. The van der Waals surface area contributed by atoms with Crippen molar-refractivity contribution >= 4 is 0 Å². The molecule has 2 aromatic carbocycles. The molecule has 1 atom stereocenters. The molecule has 0 fully saturated rings. The minimum atomic E-state index is -0.271. The van der Waals surface area contributed by atoms with Gasteiger partial charge < -0.3 is 24.3 Å². The first-order valence-corrected chi connectivity index (χ1v) is 9.02. The zero-order valence-electron chi connectivity index (χ0n) is 15.4. The summed E-state index contributed by atoms with van der Waals surface area (Å²) in [6.45, 7) is 0.539. The van der Waals surface area contributed by atoms with Crippen LogP contribution in [0.3, 0.4) is 0 Å². The van der Waals surface area contributed by atoms with E-state index in [-0.39, 0.29) is 23.8 Å². The third-order valence-corrected chi connectivity index (χ3v) is 4.90. The Labute approximate surface area is 162 Å². The van der Waals surface area contributed by atoms with Gasteiger partial charge in [0.15, 0.2) is 0 Å². The number of nitrogens with zero attached hydrogens (tertiary/aromatic N) is 2. The molecule has 1 aliphatic rings. The van der Waals surface area contributed by atoms with Crippen molar-refractivity contribution in [3.8, 4) is 23.1 Å². The number of methoxy groups -OCH3 is 1. The highest BCUT2D eigenvalue weighted by molar-refractivity contribution is 5.57. The summed E-state index contributed by atoms with van der Waals surface area (Å²) >= 11 is 0. The highest BCUT2D eigenvalue weighted by atomic mass is 16.5. The maximum atomic E-state index is 9.88. The average molecular weight is 379 g/mol. The second kappa shape index (κ2) is 7.36. The van der Waals surface area contributed by atoms with Gasteiger partial charge in [-0.05, 0) is 30.2 Å². The van der Waals surface area contributed by atoms with Gasteiger partial charge >= 0.3 is 0 Å². The molecular weight excluding hydrogens is 358 g/mol. The molecule has 3 aromatic rings. The Kier molecular flexibility index (Phi) is 4.75. The monoisotopic (exact) mass is 379 g/mol. The first-order chi connectivity index (χ1) is 13.6. The largest absolute Gasteiger partial charge is 0.508 e. The van der Waals surface area contributed by atoms with E-state index >= 15 is 0 Å². The molecule has 0 amide bonds. The number of hydrogen-bond donors (Lipinski definition) is 3. The predicted octanol–water partition coefficient (Wildman–Crippen LogP) is 2.75. The fourth-order valence-corrected chi connectivity index (χ4v) is 3.51. The summed E-state index contributed by atoms with van der Waals surface area (Å²) in [5, 5.41) is 27.7. The van der Waals surface area contributed by atoms with Gasteiger partial charge in [0.1, 0.15) is 29.1 Å². The number of phenols is 1. The Morgan fingerprint density at radius 1 is 1.21 bits per heavy atom. The predicted molar refractivity (Wildman–Crippen MR) is 102 cm³/mol. The number of nitrogens with one attached hydrogen (secondary N) is 1. The van der Waals surface area contributed by atoms with E-state index in [0.717, 1.165) is 16.9 Å². The summed E-state index contributed by atoms with van der Waals surface area (Å²) in [5.74, 6) is 1.46. The van der Waals surface area contributed by atoms with E-state index in [0.29, 0.717) is 30.2 Å². The zero-order chi connectivity index (χ0) is 19.7. The van der Waals surface area contributed by atoms with Crippen molar-refractivity contribution in [2.24, 2.45) is 0 Å². The maximum Gasteiger partial charge on any atom is 0.228 e. The van der Waals surface area contributed by atoms with Gasteiger partial charge in [-0.3, -0.25) is 5.41 Å². The summed E-state index contributed by atoms with van der Waals surface area (Å²) in [6.07, 6.45) is 2.09. The van der Waals surface area contributed by atoms with Crippen LogP contribution in [0.5, 0.6) is 23.1 Å². The Balaban J connectivity index is 1.91. The van der Waals surface area contributed by atoms with Crippen molar-refractivity contribution in [3.63, 3.8) is 0 Å². The van der Waals surface area contributed by atoms with Crippen molar-refractivity contribution in [2.75, 3.05) is 13.7 Å². The molecule has 0 unspecified atom stereocenters. The number of aromatic hydroxyl groups is 1. The molecule has 0 saturated carbocycles. The lowest BCUT2D eigenvalue weighted by molar-refractivity contribution is 0.278. The lowest BCUT2D eigenvalue weighted by Gasteiger charge is -2.28. The molecule has 7 heteroatoms. The number of aromatic nitrogens is 2. The number of aliphatic hydroxyl groups is 1. The summed E-state index contributed by atoms with van der Waals surface area (Å²) < 4.78 is 12.9. The van der Waals surface area contributed by atoms with Gasteiger partial charge in [-0.2, -0.15) is 0 Å². The van der Waals surface area contributed by atoms with E-state index in [1.807, 2.05) is 30.3 Å². The molecule has 3 N–H and O–H groups in total. The van der Waals surface area contributed by atoms with E-state index in [4.69, 9.17) is 20.0 Å². The van der Waals surface area contributed by atoms with Gasteiger partial charge in [-0.15, -0.1) is 0 Å². The number of aliphatic hydroxyl groups excluding tert-OH is 1. The van der Waals surface area contributed by atoms with Crippen molar-refractivity contribution < 1.29 is 19.7 Å². The molecule has 28 heavy (non-hydrogen) atoms. The van der Waals surface area contributed by atoms with Crippen LogP contribution in [-0.4, -0.2) is 33.5 Å². The topological polar surface area (TPSA) is 101 Å². The van der Waals surface area contributed by atoms with Gasteiger partial charge in [0.05, 0.1) is 12.7 Å². The van der Waals surface area contributed by atoms with Crippen LogP contribution in [0.15, 0.2) is 48.8 Å². The molecule has 1 aromatic heterocycles. The summed E-state index contributed by atoms with van der Waals surface area (Å²) in [4.78, 5) is 4.40. The fourth-order valence-electron chi connectivity index (χ4n) is 3.51. The minimum absolute atomic E-state index is 0.0457. The van der Waals surface area contributed by atoms with Gasteiger partial charge in [-0.25, -0.2) is 4.98 Å². The van der Waals surface area contributed by atoms with Crippen LogP contribution in [0.4, 0.5) is 0 Å². The standard InChI is InChI=1S/C21H21N3O4/c1-27-15-6-3-13(4-7-15)18-16-8-5-14(26)11-17(16)28-21-19(18)20(22)24(12-23-21)9-2-10-25/h3-8,11-12,18,22,25-26H,2,9-10H2,1H3/t18-/m0/s1. The van der Waals surface area contributed by atoms with Crippen molar-refractivity contribution in [3.05, 3.63) is 71.0 Å². The third kappa shape index (κ3) is 3.10. The van der Waals surface area contributed by atoms with E-state index < -0.39 is 0 Å². The van der Waals surface area contributed by atoms with Crippen LogP contribution in [0.2, 0.25) is 0 Å². The van der Waals surface area contributed by atoms with Crippen LogP contribution in [0.25, 0.3) is 0 Å². The molecule has 0 aliphatic carbocycles. The molecule has 144 valence electrons. The van der Waals surface area contributed by atoms with E-state index in [2.05, 4.69) is 4.98 Å². The van der Waals surface area contributed by atoms with Gasteiger partial charge in [0, 0.05) is 30.7 Å². The number of phenolic OH excluding ortho intramolecular Hbond substituents is 1. The molecule has 2 heterocycles.